The Morgan fingerprint density at radius 1 is 1.30 bits per heavy atom. The number of nitrogens with zero attached hydrogens (tertiary/aromatic N) is 1. The van der Waals surface area contributed by atoms with E-state index in [-0.39, 0.29) is 24.0 Å². The number of nitrogen functional groups attached to an aromatic ring is 1. The van der Waals surface area contributed by atoms with Crippen molar-refractivity contribution in [2.45, 2.75) is 6.42 Å². The average Bonchev–Trinajstić information content (AvgIpc) is 2.59. The Bertz CT molecular complexity index is 613. The van der Waals surface area contributed by atoms with E-state index in [0.29, 0.717) is 30.0 Å². The molecule has 1 aromatic carbocycles. The third kappa shape index (κ3) is 3.22. The third-order valence-corrected chi connectivity index (χ3v) is 5.01. The summed E-state index contributed by atoms with van der Waals surface area (Å²) in [7, 11) is -1.56. The Labute approximate surface area is 118 Å². The maximum absolute atomic E-state index is 12.5. The van der Waals surface area contributed by atoms with Crippen LogP contribution in [-0.4, -0.2) is 50.9 Å². The van der Waals surface area contributed by atoms with Gasteiger partial charge < -0.3 is 15.4 Å². The summed E-state index contributed by atoms with van der Waals surface area (Å²) < 4.78 is 28.3. The van der Waals surface area contributed by atoms with Crippen LogP contribution in [0, 0.1) is 0 Å². The number of sulfone groups is 1. The zero-order chi connectivity index (χ0) is 14.8. The van der Waals surface area contributed by atoms with Gasteiger partial charge in [-0.2, -0.15) is 0 Å². The van der Waals surface area contributed by atoms with Gasteiger partial charge in [-0.1, -0.05) is 0 Å². The number of nitrogens with two attached hydrogens (primary N) is 1. The molecule has 0 atom stereocenters. The standard InChI is InChI=1S/C13H18N2O4S/c1-19-12-4-3-10(14)9-11(12)13(16)15-5-2-7-20(17,18)8-6-15/h3-4,9H,2,5-8,14H2,1H3. The number of rotatable bonds is 2. The van der Waals surface area contributed by atoms with E-state index >= 15 is 0 Å². The van der Waals surface area contributed by atoms with Gasteiger partial charge in [-0.25, -0.2) is 8.42 Å². The number of hydrogen-bond acceptors (Lipinski definition) is 5. The highest BCUT2D eigenvalue weighted by atomic mass is 32.2. The van der Waals surface area contributed by atoms with Gasteiger partial charge in [0.2, 0.25) is 0 Å². The van der Waals surface area contributed by atoms with Gasteiger partial charge in [-0.3, -0.25) is 4.79 Å². The largest absolute Gasteiger partial charge is 0.496 e. The van der Waals surface area contributed by atoms with Crippen molar-refractivity contribution in [3.05, 3.63) is 23.8 Å². The van der Waals surface area contributed by atoms with Crippen molar-refractivity contribution >= 4 is 21.4 Å². The molecule has 1 aromatic rings. The van der Waals surface area contributed by atoms with Crippen LogP contribution in [0.25, 0.3) is 0 Å². The number of methoxy groups -OCH3 is 1. The lowest BCUT2D eigenvalue weighted by Crippen LogP contribution is -2.33. The van der Waals surface area contributed by atoms with Crippen LogP contribution in [0.4, 0.5) is 5.69 Å². The number of carbonyl (C=O) groups is 1. The quantitative estimate of drug-likeness (QED) is 0.805. The van der Waals surface area contributed by atoms with Crippen LogP contribution in [0.5, 0.6) is 5.75 Å². The minimum absolute atomic E-state index is 0.00334. The molecule has 1 saturated heterocycles. The third-order valence-electron chi connectivity index (χ3n) is 3.30. The van der Waals surface area contributed by atoms with Crippen molar-refractivity contribution in [2.75, 3.05) is 37.4 Å². The topological polar surface area (TPSA) is 89.7 Å². The fourth-order valence-corrected chi connectivity index (χ4v) is 3.48. The average molecular weight is 298 g/mol. The first-order chi connectivity index (χ1) is 9.43. The Hall–Kier alpha value is -1.76. The van der Waals surface area contributed by atoms with Crippen LogP contribution >= 0.6 is 0 Å². The molecule has 0 radical (unpaired) electrons. The van der Waals surface area contributed by atoms with E-state index in [1.807, 2.05) is 0 Å². The zero-order valence-electron chi connectivity index (χ0n) is 11.3. The van der Waals surface area contributed by atoms with E-state index in [1.165, 1.54) is 7.11 Å². The first kappa shape index (κ1) is 14.6. The van der Waals surface area contributed by atoms with Crippen molar-refractivity contribution in [1.29, 1.82) is 0 Å². The number of hydrogen-bond donors (Lipinski definition) is 1. The summed E-state index contributed by atoms with van der Waals surface area (Å²) in [6.07, 6.45) is 0.457. The molecule has 110 valence electrons. The van der Waals surface area contributed by atoms with Gasteiger partial charge in [0.1, 0.15) is 5.75 Å². The van der Waals surface area contributed by atoms with Crippen LogP contribution in [0.3, 0.4) is 0 Å². The molecular formula is C13H18N2O4S. The second-order valence-electron chi connectivity index (χ2n) is 4.76. The van der Waals surface area contributed by atoms with E-state index in [0.717, 1.165) is 0 Å². The molecule has 1 amide bonds. The number of amides is 1. The molecule has 0 spiro atoms. The van der Waals surface area contributed by atoms with Crippen molar-refractivity contribution in [3.63, 3.8) is 0 Å². The van der Waals surface area contributed by atoms with Gasteiger partial charge >= 0.3 is 0 Å². The summed E-state index contributed by atoms with van der Waals surface area (Å²) in [5.74, 6) is 0.330. The lowest BCUT2D eigenvalue weighted by atomic mass is 10.1. The van der Waals surface area contributed by atoms with Crippen molar-refractivity contribution in [1.82, 2.24) is 4.90 Å². The number of anilines is 1. The van der Waals surface area contributed by atoms with E-state index < -0.39 is 9.84 Å². The van der Waals surface area contributed by atoms with Crippen LogP contribution < -0.4 is 10.5 Å². The Balaban J connectivity index is 2.25. The molecule has 1 fully saturated rings. The Morgan fingerprint density at radius 3 is 2.75 bits per heavy atom. The molecule has 2 N–H and O–H groups in total. The molecule has 1 heterocycles. The number of ether oxygens (including phenoxy) is 1. The predicted octanol–water partition coefficient (Wildman–Crippen LogP) is 0.538. The number of carbonyl (C=O) groups excluding carboxylic acids is 1. The molecule has 20 heavy (non-hydrogen) atoms. The summed E-state index contributed by atoms with van der Waals surface area (Å²) in [4.78, 5) is 14.0. The molecule has 1 aliphatic heterocycles. The summed E-state index contributed by atoms with van der Waals surface area (Å²) >= 11 is 0. The first-order valence-electron chi connectivity index (χ1n) is 6.36. The zero-order valence-corrected chi connectivity index (χ0v) is 12.1. The fraction of sp³-hybridized carbons (Fsp3) is 0.462. The highest BCUT2D eigenvalue weighted by Gasteiger charge is 2.25. The maximum atomic E-state index is 12.5. The molecule has 6 nitrogen and oxygen atoms in total. The van der Waals surface area contributed by atoms with Gasteiger partial charge in [-0.15, -0.1) is 0 Å². The van der Waals surface area contributed by atoms with Gasteiger partial charge in [0.25, 0.3) is 5.91 Å². The molecule has 0 unspecified atom stereocenters. The van der Waals surface area contributed by atoms with Crippen LogP contribution in [0.15, 0.2) is 18.2 Å². The second-order valence-corrected chi connectivity index (χ2v) is 7.06. The number of benzene rings is 1. The van der Waals surface area contributed by atoms with Crippen LogP contribution in [0.1, 0.15) is 16.8 Å². The van der Waals surface area contributed by atoms with E-state index in [9.17, 15) is 13.2 Å². The summed E-state index contributed by atoms with van der Waals surface area (Å²) in [5.41, 5.74) is 6.54. The van der Waals surface area contributed by atoms with Gasteiger partial charge in [0.05, 0.1) is 24.2 Å². The van der Waals surface area contributed by atoms with Crippen molar-refractivity contribution < 1.29 is 17.9 Å². The molecule has 0 bridgehead atoms. The SMILES string of the molecule is COc1ccc(N)cc1C(=O)N1CCCS(=O)(=O)CC1. The Kier molecular flexibility index (Phi) is 4.17. The summed E-state index contributed by atoms with van der Waals surface area (Å²) in [6.45, 7) is 0.634. The molecule has 2 rings (SSSR count). The van der Waals surface area contributed by atoms with E-state index in [2.05, 4.69) is 0 Å². The van der Waals surface area contributed by atoms with Crippen molar-refractivity contribution in [3.8, 4) is 5.75 Å². The van der Waals surface area contributed by atoms with Gasteiger partial charge in [-0.05, 0) is 24.6 Å². The monoisotopic (exact) mass is 298 g/mol. The summed E-state index contributed by atoms with van der Waals surface area (Å²) in [6, 6.07) is 4.85. The van der Waals surface area contributed by atoms with E-state index in [1.54, 1.807) is 23.1 Å². The first-order valence-corrected chi connectivity index (χ1v) is 8.18. The highest BCUT2D eigenvalue weighted by molar-refractivity contribution is 7.91. The van der Waals surface area contributed by atoms with Crippen molar-refractivity contribution in [2.24, 2.45) is 0 Å². The van der Waals surface area contributed by atoms with E-state index in [4.69, 9.17) is 10.5 Å². The molecule has 0 aromatic heterocycles. The predicted molar refractivity (Wildman–Crippen MR) is 76.6 cm³/mol. The minimum atomic E-state index is -3.04. The lowest BCUT2D eigenvalue weighted by Gasteiger charge is -2.21. The molecule has 7 heteroatoms. The van der Waals surface area contributed by atoms with Crippen LogP contribution in [-0.2, 0) is 9.84 Å². The summed E-state index contributed by atoms with van der Waals surface area (Å²) in [5, 5.41) is 0. The smallest absolute Gasteiger partial charge is 0.257 e. The minimum Gasteiger partial charge on any atom is -0.496 e. The highest BCUT2D eigenvalue weighted by Crippen LogP contribution is 2.23. The molecule has 0 aliphatic carbocycles. The van der Waals surface area contributed by atoms with Gasteiger partial charge in [0.15, 0.2) is 9.84 Å². The molecule has 1 aliphatic rings. The van der Waals surface area contributed by atoms with Crippen LogP contribution in [0.2, 0.25) is 0 Å². The molecular weight excluding hydrogens is 280 g/mol. The lowest BCUT2D eigenvalue weighted by molar-refractivity contribution is 0.0765. The molecule has 0 saturated carbocycles. The normalized spacial score (nSPS) is 18.4. The second kappa shape index (κ2) is 5.70. The maximum Gasteiger partial charge on any atom is 0.257 e. The van der Waals surface area contributed by atoms with Gasteiger partial charge in [0, 0.05) is 18.8 Å². The Morgan fingerprint density at radius 2 is 2.05 bits per heavy atom. The fourth-order valence-electron chi connectivity index (χ4n) is 2.20.